The van der Waals surface area contributed by atoms with Gasteiger partial charge in [-0.25, -0.2) is 0 Å². The van der Waals surface area contributed by atoms with Gasteiger partial charge in [-0.2, -0.15) is 5.06 Å². The van der Waals surface area contributed by atoms with Gasteiger partial charge in [-0.1, -0.05) is 43.2 Å². The largest absolute Gasteiger partial charge is 0.462 e. The molecule has 3 rings (SSSR count). The third kappa shape index (κ3) is 7.04. The first-order chi connectivity index (χ1) is 16.8. The minimum atomic E-state index is -1.43. The maximum atomic E-state index is 13.0. The number of esters is 1. The lowest BCUT2D eigenvalue weighted by Gasteiger charge is -2.54. The first kappa shape index (κ1) is 28.1. The third-order valence-electron chi connectivity index (χ3n) is 7.20. The molecule has 2 fully saturated rings. The monoisotopic (exact) mass is 491 g/mol. The second-order valence-electron chi connectivity index (χ2n) is 10.2. The van der Waals surface area contributed by atoms with Crippen molar-refractivity contribution in [3.05, 3.63) is 35.9 Å². The van der Waals surface area contributed by atoms with Crippen molar-refractivity contribution >= 4 is 5.97 Å². The van der Waals surface area contributed by atoms with E-state index < -0.39 is 18.0 Å². The number of hydroxylamine groups is 2. The predicted molar refractivity (Wildman–Crippen MR) is 134 cm³/mol. The average Bonchev–Trinajstić information content (AvgIpc) is 3.28. The van der Waals surface area contributed by atoms with E-state index in [4.69, 9.17) is 23.8 Å². The number of nitrogens with zero attached hydrogens (tertiary/aromatic N) is 1. The molecule has 1 aliphatic carbocycles. The number of benzene rings is 1. The Morgan fingerprint density at radius 2 is 1.49 bits per heavy atom. The van der Waals surface area contributed by atoms with Gasteiger partial charge in [0, 0.05) is 30.9 Å². The van der Waals surface area contributed by atoms with Crippen LogP contribution in [0.5, 0.6) is 0 Å². The molecule has 1 saturated carbocycles. The zero-order valence-electron chi connectivity index (χ0n) is 22.3. The molecule has 0 amide bonds. The zero-order valence-corrected chi connectivity index (χ0v) is 22.3. The van der Waals surface area contributed by atoms with Crippen molar-refractivity contribution in [3.8, 4) is 0 Å². The van der Waals surface area contributed by atoms with Crippen LogP contribution in [0.15, 0.2) is 30.3 Å². The summed E-state index contributed by atoms with van der Waals surface area (Å²) in [5.41, 5.74) is 0.959. The molecule has 7 heteroatoms. The Morgan fingerprint density at radius 3 is 2.06 bits per heavy atom. The fourth-order valence-electron chi connectivity index (χ4n) is 5.75. The number of piperidine rings is 1. The normalized spacial score (nSPS) is 20.7. The maximum absolute atomic E-state index is 13.0. The van der Waals surface area contributed by atoms with Crippen molar-refractivity contribution in [3.63, 3.8) is 0 Å². The van der Waals surface area contributed by atoms with Crippen molar-refractivity contribution in [1.82, 2.24) is 5.06 Å². The first-order valence-corrected chi connectivity index (χ1v) is 13.4. The van der Waals surface area contributed by atoms with Crippen LogP contribution in [0.2, 0.25) is 0 Å². The summed E-state index contributed by atoms with van der Waals surface area (Å²) in [6, 6.07) is 10.0. The second-order valence-corrected chi connectivity index (χ2v) is 10.2. The Balaban J connectivity index is 1.76. The molecule has 1 aliphatic heterocycles. The van der Waals surface area contributed by atoms with Crippen molar-refractivity contribution in [2.75, 3.05) is 26.4 Å². The summed E-state index contributed by atoms with van der Waals surface area (Å²) in [4.78, 5) is 19.8. The van der Waals surface area contributed by atoms with Crippen LogP contribution in [0.3, 0.4) is 0 Å². The Bertz CT molecular complexity index is 760. The summed E-state index contributed by atoms with van der Waals surface area (Å²) in [6.45, 7) is 11.2. The fourth-order valence-corrected chi connectivity index (χ4v) is 5.75. The SMILES string of the molecule is CCOC(CC(=O)OCC(ON1C(C)(C)CCCC12CCCC2)c1ccccc1)(OCC)OCC. The molecular formula is C28H45NO6. The fraction of sp³-hybridized carbons (Fsp3) is 0.750. The molecule has 0 radical (unpaired) electrons. The summed E-state index contributed by atoms with van der Waals surface area (Å²) in [6.07, 6.45) is 7.65. The van der Waals surface area contributed by atoms with Gasteiger partial charge in [0.2, 0.25) is 0 Å². The molecule has 1 spiro atoms. The second kappa shape index (κ2) is 12.6. The van der Waals surface area contributed by atoms with Gasteiger partial charge >= 0.3 is 5.97 Å². The molecule has 0 bridgehead atoms. The smallest absolute Gasteiger partial charge is 0.314 e. The molecule has 1 unspecified atom stereocenters. The molecule has 7 nitrogen and oxygen atoms in total. The van der Waals surface area contributed by atoms with E-state index in [1.165, 1.54) is 19.3 Å². The molecular weight excluding hydrogens is 446 g/mol. The predicted octanol–water partition coefficient (Wildman–Crippen LogP) is 5.93. The van der Waals surface area contributed by atoms with E-state index in [0.717, 1.165) is 31.2 Å². The van der Waals surface area contributed by atoms with Crippen LogP contribution >= 0.6 is 0 Å². The molecule has 198 valence electrons. The molecule has 1 heterocycles. The van der Waals surface area contributed by atoms with E-state index in [1.54, 1.807) is 0 Å². The highest BCUT2D eigenvalue weighted by atomic mass is 16.9. The van der Waals surface area contributed by atoms with Crippen LogP contribution < -0.4 is 0 Å². The molecule has 1 atom stereocenters. The van der Waals surface area contributed by atoms with Gasteiger partial charge in [0.15, 0.2) is 0 Å². The number of hydrogen-bond donors (Lipinski definition) is 0. The highest BCUT2D eigenvalue weighted by molar-refractivity contribution is 5.70. The summed E-state index contributed by atoms with van der Waals surface area (Å²) >= 11 is 0. The zero-order chi connectivity index (χ0) is 25.4. The van der Waals surface area contributed by atoms with Crippen molar-refractivity contribution in [2.24, 2.45) is 0 Å². The molecule has 1 aromatic rings. The summed E-state index contributed by atoms with van der Waals surface area (Å²) in [7, 11) is 0. The number of hydrogen-bond acceptors (Lipinski definition) is 7. The lowest BCUT2D eigenvalue weighted by Crippen LogP contribution is -2.60. The van der Waals surface area contributed by atoms with Gasteiger partial charge < -0.3 is 18.9 Å². The molecule has 1 saturated heterocycles. The topological polar surface area (TPSA) is 66.5 Å². The first-order valence-electron chi connectivity index (χ1n) is 13.4. The Labute approximate surface area is 211 Å². The van der Waals surface area contributed by atoms with Crippen molar-refractivity contribution < 1.29 is 28.6 Å². The average molecular weight is 492 g/mol. The Hall–Kier alpha value is -1.51. The van der Waals surface area contributed by atoms with Crippen LogP contribution in [0.25, 0.3) is 0 Å². The van der Waals surface area contributed by atoms with Crippen LogP contribution in [-0.4, -0.2) is 54.5 Å². The lowest BCUT2D eigenvalue weighted by molar-refractivity contribution is -0.376. The number of carbonyl (C=O) groups excluding carboxylic acids is 1. The highest BCUT2D eigenvalue weighted by Crippen LogP contribution is 2.49. The van der Waals surface area contributed by atoms with E-state index in [1.807, 2.05) is 51.1 Å². The van der Waals surface area contributed by atoms with Crippen molar-refractivity contribution in [2.45, 2.75) is 109 Å². The minimum absolute atomic E-state index is 0.0623. The van der Waals surface area contributed by atoms with Gasteiger partial charge in [-0.05, 0) is 72.3 Å². The van der Waals surface area contributed by atoms with Gasteiger partial charge in [-0.3, -0.25) is 9.63 Å². The maximum Gasteiger partial charge on any atom is 0.314 e. The summed E-state index contributed by atoms with van der Waals surface area (Å²) in [5, 5.41) is 2.27. The van der Waals surface area contributed by atoms with E-state index in [-0.39, 0.29) is 24.1 Å². The molecule has 1 aromatic carbocycles. The molecule has 35 heavy (non-hydrogen) atoms. The van der Waals surface area contributed by atoms with Gasteiger partial charge in [0.25, 0.3) is 5.97 Å². The number of carbonyl (C=O) groups is 1. The van der Waals surface area contributed by atoms with E-state index in [0.29, 0.717) is 19.8 Å². The van der Waals surface area contributed by atoms with E-state index in [2.05, 4.69) is 18.9 Å². The molecule has 0 aromatic heterocycles. The molecule has 2 aliphatic rings. The highest BCUT2D eigenvalue weighted by Gasteiger charge is 2.50. The van der Waals surface area contributed by atoms with Crippen LogP contribution in [0.4, 0.5) is 0 Å². The van der Waals surface area contributed by atoms with Crippen molar-refractivity contribution in [1.29, 1.82) is 0 Å². The van der Waals surface area contributed by atoms with E-state index in [9.17, 15) is 4.79 Å². The quantitative estimate of drug-likeness (QED) is 0.250. The van der Waals surface area contributed by atoms with Crippen LogP contribution in [0.1, 0.15) is 97.7 Å². The molecule has 0 N–H and O–H groups in total. The summed E-state index contributed by atoms with van der Waals surface area (Å²) < 4.78 is 22.9. The van der Waals surface area contributed by atoms with Gasteiger partial charge in [0.05, 0.1) is 0 Å². The Morgan fingerprint density at radius 1 is 0.914 bits per heavy atom. The summed E-state index contributed by atoms with van der Waals surface area (Å²) in [5.74, 6) is -1.88. The lowest BCUT2D eigenvalue weighted by atomic mass is 9.79. The number of ether oxygens (including phenoxy) is 4. The minimum Gasteiger partial charge on any atom is -0.462 e. The van der Waals surface area contributed by atoms with Crippen LogP contribution in [0, 0.1) is 0 Å². The standard InChI is InChI=1S/C28H45NO6/c1-6-32-28(33-7-2,34-8-3)21-25(30)31-22-24(23-15-10-9-11-16-23)35-29-26(4,5)17-14-20-27(29)18-12-13-19-27/h9-11,15-16,24H,6-8,12-14,17-22H2,1-5H3. The Kier molecular flexibility index (Phi) is 10.1. The van der Waals surface area contributed by atoms with E-state index >= 15 is 0 Å². The van der Waals surface area contributed by atoms with Gasteiger partial charge in [0.1, 0.15) is 19.1 Å². The third-order valence-corrected chi connectivity index (χ3v) is 7.20. The van der Waals surface area contributed by atoms with Gasteiger partial charge in [-0.15, -0.1) is 0 Å². The van der Waals surface area contributed by atoms with Crippen LogP contribution in [-0.2, 0) is 28.6 Å². The number of rotatable bonds is 13.